The van der Waals surface area contributed by atoms with Crippen LogP contribution in [0.3, 0.4) is 0 Å². The second kappa shape index (κ2) is 6.09. The highest BCUT2D eigenvalue weighted by Crippen LogP contribution is 2.34. The van der Waals surface area contributed by atoms with E-state index in [0.717, 1.165) is 18.4 Å². The summed E-state index contributed by atoms with van der Waals surface area (Å²) < 4.78 is 44.1. The van der Waals surface area contributed by atoms with Crippen molar-refractivity contribution in [1.82, 2.24) is 0 Å². The van der Waals surface area contributed by atoms with Crippen molar-refractivity contribution >= 4 is 5.57 Å². The van der Waals surface area contributed by atoms with E-state index in [4.69, 9.17) is 4.74 Å². The van der Waals surface area contributed by atoms with E-state index in [2.05, 4.69) is 24.8 Å². The number of hydrogen-bond acceptors (Lipinski definition) is 1. The Morgan fingerprint density at radius 3 is 2.71 bits per heavy atom. The van der Waals surface area contributed by atoms with Crippen molar-refractivity contribution in [1.29, 1.82) is 0 Å². The monoisotopic (exact) mass is 292 g/mol. The van der Waals surface area contributed by atoms with Gasteiger partial charge >= 0.3 is 6.18 Å². The van der Waals surface area contributed by atoms with Gasteiger partial charge in [-0.25, -0.2) is 0 Å². The van der Waals surface area contributed by atoms with Crippen LogP contribution in [-0.4, -0.2) is 6.61 Å². The first-order chi connectivity index (χ1) is 9.88. The summed E-state index contributed by atoms with van der Waals surface area (Å²) in [6.45, 7) is 5.45. The summed E-state index contributed by atoms with van der Waals surface area (Å²) in [6.07, 6.45) is 3.34. The Labute approximate surface area is 122 Å². The van der Waals surface area contributed by atoms with Gasteiger partial charge in [-0.15, -0.1) is 0 Å². The predicted octanol–water partition coefficient (Wildman–Crippen LogP) is 4.99. The summed E-state index contributed by atoms with van der Waals surface area (Å²) in [5.41, 5.74) is 0.552. The molecule has 0 radical (unpaired) electrons. The molecule has 0 aliphatic heterocycles. The lowest BCUT2D eigenvalue weighted by Crippen LogP contribution is -2.08. The van der Waals surface area contributed by atoms with Crippen LogP contribution in [0, 0.1) is 12.1 Å². The third-order valence-corrected chi connectivity index (χ3v) is 3.11. The fourth-order valence-corrected chi connectivity index (χ4v) is 2.01. The van der Waals surface area contributed by atoms with Gasteiger partial charge in [-0.05, 0) is 43.0 Å². The fourth-order valence-electron chi connectivity index (χ4n) is 2.01. The first-order valence-corrected chi connectivity index (χ1v) is 6.56. The second-order valence-electron chi connectivity index (χ2n) is 4.91. The number of rotatable bonds is 4. The van der Waals surface area contributed by atoms with E-state index in [-0.39, 0.29) is 11.3 Å². The minimum atomic E-state index is -4.47. The Balaban J connectivity index is 2.18. The summed E-state index contributed by atoms with van der Waals surface area (Å²) >= 11 is 0. The van der Waals surface area contributed by atoms with Gasteiger partial charge < -0.3 is 4.74 Å². The molecule has 1 aromatic rings. The van der Waals surface area contributed by atoms with E-state index >= 15 is 0 Å². The lowest BCUT2D eigenvalue weighted by Gasteiger charge is -2.13. The summed E-state index contributed by atoms with van der Waals surface area (Å²) in [6, 6.07) is 5.89. The molecule has 1 aromatic carbocycles. The third-order valence-electron chi connectivity index (χ3n) is 3.11. The van der Waals surface area contributed by atoms with Gasteiger partial charge in [-0.1, -0.05) is 30.9 Å². The number of halogens is 3. The van der Waals surface area contributed by atoms with Gasteiger partial charge in [0, 0.05) is 5.56 Å². The van der Waals surface area contributed by atoms with Crippen molar-refractivity contribution in [3.63, 3.8) is 0 Å². The molecule has 21 heavy (non-hydrogen) atoms. The molecule has 0 spiro atoms. The van der Waals surface area contributed by atoms with Crippen molar-refractivity contribution < 1.29 is 17.9 Å². The maximum Gasteiger partial charge on any atom is 0.424 e. The highest BCUT2D eigenvalue weighted by molar-refractivity contribution is 5.65. The molecular weight excluding hydrogens is 277 g/mol. The largest absolute Gasteiger partial charge is 0.481 e. The van der Waals surface area contributed by atoms with Gasteiger partial charge in [0.2, 0.25) is 0 Å². The van der Waals surface area contributed by atoms with Crippen LogP contribution in [0.4, 0.5) is 13.2 Å². The molecule has 0 N–H and O–H groups in total. The van der Waals surface area contributed by atoms with Crippen molar-refractivity contribution in [2.45, 2.75) is 25.9 Å². The second-order valence-corrected chi connectivity index (χ2v) is 4.91. The van der Waals surface area contributed by atoms with Crippen LogP contribution in [0.25, 0.3) is 5.57 Å². The molecule has 0 saturated carbocycles. The molecule has 4 heteroatoms. The minimum absolute atomic E-state index is 0.00577. The van der Waals surface area contributed by atoms with Gasteiger partial charge in [-0.2, -0.15) is 13.2 Å². The third kappa shape index (κ3) is 3.91. The van der Waals surface area contributed by atoms with Gasteiger partial charge in [0.25, 0.3) is 0 Å². The van der Waals surface area contributed by atoms with Crippen LogP contribution >= 0.6 is 0 Å². The zero-order chi connectivity index (χ0) is 15.5. The van der Waals surface area contributed by atoms with E-state index in [0.29, 0.717) is 12.2 Å². The first-order valence-electron chi connectivity index (χ1n) is 6.56. The van der Waals surface area contributed by atoms with Crippen molar-refractivity contribution in [3.8, 4) is 5.75 Å². The van der Waals surface area contributed by atoms with E-state index in [9.17, 15) is 13.2 Å². The Kier molecular flexibility index (Phi) is 4.42. The number of alkyl halides is 3. The van der Waals surface area contributed by atoms with Crippen LogP contribution in [0.5, 0.6) is 5.75 Å². The zero-order valence-corrected chi connectivity index (χ0v) is 11.7. The van der Waals surface area contributed by atoms with Gasteiger partial charge in [0.05, 0.1) is 0 Å². The molecule has 0 aromatic heterocycles. The molecular formula is C17H15F3O. The zero-order valence-electron chi connectivity index (χ0n) is 11.7. The molecule has 2 rings (SSSR count). The first kappa shape index (κ1) is 15.2. The molecule has 0 atom stereocenters. The van der Waals surface area contributed by atoms with Crippen LogP contribution in [0.1, 0.15) is 30.9 Å². The molecule has 1 nitrogen and oxygen atoms in total. The Morgan fingerprint density at radius 2 is 2.14 bits per heavy atom. The Morgan fingerprint density at radius 1 is 1.38 bits per heavy atom. The van der Waals surface area contributed by atoms with Crippen LogP contribution in [-0.2, 0) is 6.18 Å². The number of hydrogen-bond donors (Lipinski definition) is 0. The maximum atomic E-state index is 12.9. The average molecular weight is 292 g/mol. The summed E-state index contributed by atoms with van der Waals surface area (Å²) in [4.78, 5) is 0. The predicted molar refractivity (Wildman–Crippen MR) is 75.8 cm³/mol. The van der Waals surface area contributed by atoms with Crippen molar-refractivity contribution in [2.24, 2.45) is 0 Å². The van der Waals surface area contributed by atoms with Crippen LogP contribution in [0.2, 0.25) is 0 Å². The normalized spacial score (nSPS) is 14.4. The maximum absolute atomic E-state index is 12.9. The molecule has 1 aliphatic rings. The minimum Gasteiger partial charge on any atom is -0.481 e. The molecule has 0 saturated heterocycles. The lowest BCUT2D eigenvalue weighted by atomic mass is 10.0. The molecule has 0 unspecified atom stereocenters. The SMILES string of the molecule is C=C(C)c1cc(OCC2=CC=CCC2)c#cc1C(F)(F)F. The van der Waals surface area contributed by atoms with Crippen LogP contribution in [0.15, 0.2) is 36.4 Å². The number of ether oxygens (including phenoxy) is 1. The number of allylic oxidation sites excluding steroid dienone is 4. The molecule has 110 valence electrons. The molecule has 0 amide bonds. The van der Waals surface area contributed by atoms with E-state index < -0.39 is 11.7 Å². The molecule has 0 heterocycles. The van der Waals surface area contributed by atoms with Crippen molar-refractivity contribution in [2.75, 3.05) is 6.61 Å². The standard InChI is InChI=1S/C17H15F3O/c1-12(2)15-10-14(8-9-16(15)17(18,19)20)21-11-13-6-4-3-5-7-13/h3-4,6,10H,1,5,7,11H2,2H3. The summed E-state index contributed by atoms with van der Waals surface area (Å²) in [5, 5.41) is 0. The highest BCUT2D eigenvalue weighted by atomic mass is 19.4. The Bertz CT molecular complexity index is 595. The summed E-state index contributed by atoms with van der Waals surface area (Å²) in [7, 11) is 0. The van der Waals surface area contributed by atoms with E-state index in [1.165, 1.54) is 13.0 Å². The quantitative estimate of drug-likeness (QED) is 0.759. The molecule has 1 aliphatic carbocycles. The van der Waals surface area contributed by atoms with Crippen LogP contribution < -0.4 is 4.74 Å². The van der Waals surface area contributed by atoms with Gasteiger partial charge in [-0.3, -0.25) is 0 Å². The van der Waals surface area contributed by atoms with E-state index in [1.807, 2.05) is 12.2 Å². The van der Waals surface area contributed by atoms with Crippen molar-refractivity contribution in [3.05, 3.63) is 59.7 Å². The van der Waals surface area contributed by atoms with Gasteiger partial charge in [0.15, 0.2) is 5.75 Å². The van der Waals surface area contributed by atoms with E-state index in [1.54, 1.807) is 0 Å². The Hall–Kier alpha value is -2.15. The lowest BCUT2D eigenvalue weighted by molar-refractivity contribution is -0.137. The molecule has 0 fully saturated rings. The fraction of sp³-hybridized carbons (Fsp3) is 0.294. The summed E-state index contributed by atoms with van der Waals surface area (Å²) in [5.74, 6) is 0.247. The average Bonchev–Trinajstić information content (AvgIpc) is 2.45. The smallest absolute Gasteiger partial charge is 0.424 e. The topological polar surface area (TPSA) is 9.23 Å². The van der Waals surface area contributed by atoms with Gasteiger partial charge in [0.1, 0.15) is 12.2 Å². The highest BCUT2D eigenvalue weighted by Gasteiger charge is 2.34. The molecule has 0 bridgehead atoms.